The molecule has 0 spiro atoms. The Morgan fingerprint density at radius 3 is 1.32 bits per heavy atom. The normalized spacial score (nSPS) is 18.0. The number of anilines is 11. The molecule has 15 aromatic rings. The van der Waals surface area contributed by atoms with E-state index in [4.69, 9.17) is 48.9 Å². The number of fused-ring (bicyclic) bond motifs is 5. The molecule has 4 saturated heterocycles. The summed E-state index contributed by atoms with van der Waals surface area (Å²) in [5.41, 5.74) is 19.1. The maximum Gasteiger partial charge on any atom is 0.323 e. The quantitative estimate of drug-likeness (QED) is 0.0161. The number of piperidine rings is 1. The SMILES string of the molecule is C=C1C/C(=C\c2cnn3c(N)cc(Nc4cccc(Cl)c4)nc23)C(=O)N1.C=C1C/C(=C\c2cnn3c(NC(=O)C4CCCCC4)cc(Nc4cccc(Cl)c4)nc23)C(=O)N1.C=C1C/C(=C\c2cnn3c(NC4CC4)cc(NC4CCCC4)nc23)C(=O)N1.C=c1[nH]c(=O)[nH]/c1=C\c1cnn2c(NC3CC3)cc(N3CCC(F)(F)CC3)nc12.C=c1[nH]c(=O)[nH]/c1=C\c1cnn2c(NC3CC3)cc(SCc3ccccc3)nc12. The number of halogens is 4. The zero-order valence-corrected chi connectivity index (χ0v) is 81.3. The van der Waals surface area contributed by atoms with Crippen LogP contribution in [0.3, 0.4) is 0 Å². The van der Waals surface area contributed by atoms with Crippen LogP contribution in [0.25, 0.3) is 71.8 Å². The minimum Gasteiger partial charge on any atom is -0.383 e. The molecule has 16 N–H and O–H groups in total. The lowest BCUT2D eigenvalue weighted by Crippen LogP contribution is -2.39. The summed E-state index contributed by atoms with van der Waals surface area (Å²) in [4.78, 5) is 108. The number of hydrogen-bond donors (Lipinski definition) is 15. The van der Waals surface area contributed by atoms with E-state index in [0.717, 1.165) is 112 Å². The van der Waals surface area contributed by atoms with Gasteiger partial charge in [-0.05, 0) is 137 Å². The van der Waals surface area contributed by atoms with E-state index in [1.54, 1.807) is 106 Å². The van der Waals surface area contributed by atoms with Crippen molar-refractivity contribution in [1.29, 1.82) is 0 Å². The number of allylic oxidation sites excluding steroid dienone is 3. The van der Waals surface area contributed by atoms with Crippen molar-refractivity contribution in [2.45, 2.75) is 169 Å². The van der Waals surface area contributed by atoms with Gasteiger partial charge in [-0.2, -0.15) is 48.1 Å². The predicted octanol–water partition coefficient (Wildman–Crippen LogP) is 13.9. The lowest BCUT2D eigenvalue weighted by Gasteiger charge is -2.32. The van der Waals surface area contributed by atoms with Crippen LogP contribution in [0, 0.1) is 5.92 Å². The van der Waals surface area contributed by atoms with E-state index in [-0.39, 0.29) is 66.9 Å². The van der Waals surface area contributed by atoms with Gasteiger partial charge in [0.1, 0.15) is 57.4 Å². The first-order chi connectivity index (χ1) is 70.1. The molecule has 9 aliphatic rings. The van der Waals surface area contributed by atoms with Crippen molar-refractivity contribution in [2.24, 2.45) is 5.92 Å². The highest BCUT2D eigenvalue weighted by Crippen LogP contribution is 2.38. The number of nitrogen functional groups attached to an aromatic ring is 1. The smallest absolute Gasteiger partial charge is 0.323 e. The molecule has 145 heavy (non-hydrogen) atoms. The van der Waals surface area contributed by atoms with Crippen LogP contribution in [0.4, 0.5) is 72.5 Å². The molecule has 16 heterocycles. The average Bonchev–Trinajstić information content (AvgIpc) is 1.67. The monoisotopic (exact) mass is 2010 g/mol. The van der Waals surface area contributed by atoms with Crippen LogP contribution in [-0.2, 0) is 24.9 Å². The summed E-state index contributed by atoms with van der Waals surface area (Å²) < 4.78 is 35.7. The van der Waals surface area contributed by atoms with Gasteiger partial charge in [0.05, 0.1) is 52.4 Å². The van der Waals surface area contributed by atoms with Gasteiger partial charge in [-0.15, -0.1) is 11.8 Å². The third-order valence-electron chi connectivity index (χ3n) is 25.7. The molecular formula is C103H105Cl2F2N31O6S. The molecule has 4 aliphatic heterocycles. The van der Waals surface area contributed by atoms with Gasteiger partial charge in [0.15, 0.2) is 28.2 Å². The van der Waals surface area contributed by atoms with E-state index in [1.807, 2.05) is 74.6 Å². The molecule has 24 rings (SSSR count). The number of amides is 4. The number of imidazole rings is 2. The number of thioether (sulfide) groups is 1. The highest BCUT2D eigenvalue weighted by molar-refractivity contribution is 7.98. The number of aromatic amines is 4. The van der Waals surface area contributed by atoms with Crippen molar-refractivity contribution < 1.29 is 28.0 Å². The topological polar surface area (TPSA) is 466 Å². The Bertz CT molecular complexity index is 8090. The van der Waals surface area contributed by atoms with Crippen LogP contribution in [0.2, 0.25) is 10.0 Å². The Balaban J connectivity index is 0.000000111. The van der Waals surface area contributed by atoms with Crippen LogP contribution >= 0.6 is 35.0 Å². The van der Waals surface area contributed by atoms with Gasteiger partial charge in [0.2, 0.25) is 5.91 Å². The van der Waals surface area contributed by atoms with Gasteiger partial charge in [-0.3, -0.25) is 19.2 Å². The number of nitrogens with one attached hydrogen (secondary N) is 14. The highest BCUT2D eigenvalue weighted by Gasteiger charge is 2.36. The van der Waals surface area contributed by atoms with Gasteiger partial charge >= 0.3 is 11.4 Å². The number of nitrogens with two attached hydrogens (primary N) is 1. The Kier molecular flexibility index (Phi) is 27.7. The van der Waals surface area contributed by atoms with Crippen LogP contribution < -0.4 is 96.6 Å². The van der Waals surface area contributed by atoms with Crippen molar-refractivity contribution in [1.82, 2.24) is 109 Å². The Morgan fingerprint density at radius 1 is 0.448 bits per heavy atom. The van der Waals surface area contributed by atoms with E-state index < -0.39 is 5.92 Å². The molecule has 37 nitrogen and oxygen atoms in total. The van der Waals surface area contributed by atoms with Gasteiger partial charge in [0, 0.05) is 194 Å². The zero-order valence-electron chi connectivity index (χ0n) is 79.0. The van der Waals surface area contributed by atoms with Crippen LogP contribution in [0.1, 0.15) is 162 Å². The summed E-state index contributed by atoms with van der Waals surface area (Å²) in [6, 6.07) is 36.3. The maximum atomic E-state index is 13.6. The largest absolute Gasteiger partial charge is 0.383 e. The molecule has 0 bridgehead atoms. The number of carbonyl (C=O) groups excluding carboxylic acids is 4. The van der Waals surface area contributed by atoms with Crippen molar-refractivity contribution >= 4 is 194 Å². The molecule has 12 aromatic heterocycles. The van der Waals surface area contributed by atoms with E-state index >= 15 is 0 Å². The number of hydrogen-bond acceptors (Lipinski definition) is 25. The lowest BCUT2D eigenvalue weighted by atomic mass is 9.89. The first kappa shape index (κ1) is 96.3. The van der Waals surface area contributed by atoms with E-state index in [9.17, 15) is 37.5 Å². The van der Waals surface area contributed by atoms with Crippen LogP contribution in [0.15, 0.2) is 208 Å². The number of nitrogens with zero attached hydrogens (tertiary/aromatic N) is 16. The number of carbonyl (C=O) groups is 4. The summed E-state index contributed by atoms with van der Waals surface area (Å²) in [5.74, 6) is 3.97. The van der Waals surface area contributed by atoms with Crippen molar-refractivity contribution in [3.05, 3.63) is 280 Å². The van der Waals surface area contributed by atoms with E-state index in [2.05, 4.69) is 161 Å². The molecule has 9 fully saturated rings. The molecule has 0 atom stereocenters. The summed E-state index contributed by atoms with van der Waals surface area (Å²) in [6.07, 6.45) is 35.5. The maximum absolute atomic E-state index is 13.6. The number of benzene rings is 3. The second-order valence-corrected chi connectivity index (χ2v) is 39.2. The first-order valence-corrected chi connectivity index (χ1v) is 49.9. The second-order valence-electron chi connectivity index (χ2n) is 37.3. The molecular weight excluding hydrogens is 1910 g/mol. The van der Waals surface area contributed by atoms with Gasteiger partial charge in [-0.25, -0.2) is 43.3 Å². The van der Waals surface area contributed by atoms with Gasteiger partial charge in [-0.1, -0.05) is 131 Å². The van der Waals surface area contributed by atoms with Gasteiger partial charge < -0.3 is 83.7 Å². The Morgan fingerprint density at radius 2 is 0.862 bits per heavy atom. The molecule has 42 heteroatoms. The Labute approximate surface area is 841 Å². The van der Waals surface area contributed by atoms with E-state index in [1.165, 1.54) is 67.9 Å². The lowest BCUT2D eigenvalue weighted by molar-refractivity contribution is -0.121. The summed E-state index contributed by atoms with van der Waals surface area (Å²) >= 11 is 13.8. The second kappa shape index (κ2) is 41.7. The number of H-pyrrole nitrogens is 4. The molecule has 0 unspecified atom stereocenters. The molecule has 742 valence electrons. The van der Waals surface area contributed by atoms with Gasteiger partial charge in [0.25, 0.3) is 23.6 Å². The fourth-order valence-corrected chi connectivity index (χ4v) is 19.0. The molecule has 0 radical (unpaired) electrons. The fourth-order valence-electron chi connectivity index (χ4n) is 17.8. The number of alkyl halides is 2. The number of rotatable bonds is 23. The fraction of sp³-hybridized carbons (Fsp3) is 0.282. The van der Waals surface area contributed by atoms with Crippen LogP contribution in [-0.4, -0.2) is 160 Å². The molecule has 4 amide bonds. The van der Waals surface area contributed by atoms with E-state index in [0.29, 0.717) is 166 Å². The first-order valence-electron chi connectivity index (χ1n) is 48.1. The molecule has 5 saturated carbocycles. The van der Waals surface area contributed by atoms with Crippen molar-refractivity contribution in [3.63, 3.8) is 0 Å². The summed E-state index contributed by atoms with van der Waals surface area (Å²) in [6.45, 7) is 19.6. The van der Waals surface area contributed by atoms with Crippen LogP contribution in [0.5, 0.6) is 0 Å². The summed E-state index contributed by atoms with van der Waals surface area (Å²) in [7, 11) is 0. The molecule has 5 aliphatic carbocycles. The summed E-state index contributed by atoms with van der Waals surface area (Å²) in [5, 5.41) is 58.3. The Hall–Kier alpha value is -16.2. The standard InChI is InChI=1S/C25H25ClN6O2.C21H20N6OS.C20H24N6O.C19H21F2N7O.C18H15ClN6O/c1-15-10-17(25(34)28-15)11-18-14-27-32-22(31-24(33)16-6-3-2-4-7-16)13-21(30-23(18)32)29-20-9-5-8-19(26)12-20;1-13-17(25-21(28)23-13)9-15-11-22-27-18(24-16-7-8-16)10-19(26-20(15)27)29-12-14-5-3-2-4-6-14;1-12-8-13(20(27)22-12)9-14-11-21-26-18(24-16-6-7-16)10-17(25-19(14)26)23-15-4-2-3-5-15;1-11-14(25-18(29)23-11)8-12-10-22-28-16(24-13-2-3-13)9-15(26-17(12)28)27-6-4-19(20,21)5-7-27;1-10-5-11(18(26)22-10)6-12-9-21-25-15(20)8-16(24-17(12)25)23-14-4-2-3-13(19)7-14/h5,8-9,11-14,16H,1-4,6-7,10H2,(H,28,34)(H,29,30)(H,31,33);2-6,9-11,16,24H,1,7-8,12H2,(H2,23,25,28);9-11,15-16,24H,1-8H2,(H,22,27)(H,23,25);8-10,13,24H,1-7H2,(H2,23,25,29);2-4,6-9H,1,5,20H2,(H,22,26)(H,23,24)/b17-11+;17-9-;13-9+;14-8-;11-6+. The third kappa shape index (κ3) is 23.4. The zero-order chi connectivity index (χ0) is 100. The average molecular weight is 2010 g/mol. The third-order valence-corrected chi connectivity index (χ3v) is 27.1. The van der Waals surface area contributed by atoms with Crippen molar-refractivity contribution in [3.8, 4) is 0 Å². The highest BCUT2D eigenvalue weighted by atomic mass is 35.5. The predicted molar refractivity (Wildman–Crippen MR) is 561 cm³/mol. The molecule has 3 aromatic carbocycles. The number of aromatic nitrogens is 19. The minimum absolute atomic E-state index is 0.00773. The minimum atomic E-state index is -2.62. The van der Waals surface area contributed by atoms with Crippen molar-refractivity contribution in [2.75, 3.05) is 60.9 Å².